The maximum Gasteiger partial charge on any atom is 0.416 e. The molecule has 0 aromatic heterocycles. The molecule has 1 rings (SSSR count). The number of carbonyl (C=O) groups is 1. The Morgan fingerprint density at radius 1 is 1.00 bits per heavy atom. The van der Waals surface area contributed by atoms with Crippen LogP contribution in [0.2, 0.25) is 0 Å². The molecule has 3 nitrogen and oxygen atoms in total. The maximum absolute atomic E-state index is 12.8. The van der Waals surface area contributed by atoms with Crippen molar-refractivity contribution in [1.29, 1.82) is 0 Å². The summed E-state index contributed by atoms with van der Waals surface area (Å²) in [5, 5.41) is 0. The molecule has 1 atom stereocenters. The van der Waals surface area contributed by atoms with Crippen LogP contribution < -0.4 is 0 Å². The number of ether oxygens (including phenoxy) is 2. The molecular formula is C13H12F6O3. The van der Waals surface area contributed by atoms with Crippen molar-refractivity contribution in [2.45, 2.75) is 18.3 Å². The van der Waals surface area contributed by atoms with E-state index in [1.807, 2.05) is 0 Å². The second-order valence-electron chi connectivity index (χ2n) is 4.37. The van der Waals surface area contributed by atoms with Gasteiger partial charge in [0.15, 0.2) is 0 Å². The molecule has 9 heteroatoms. The van der Waals surface area contributed by atoms with Gasteiger partial charge in [0.1, 0.15) is 5.92 Å². The predicted molar refractivity (Wildman–Crippen MR) is 63.1 cm³/mol. The topological polar surface area (TPSA) is 35.5 Å². The Kier molecular flexibility index (Phi) is 5.44. The second kappa shape index (κ2) is 6.55. The predicted octanol–water partition coefficient (Wildman–Crippen LogP) is 3.63. The molecule has 0 saturated heterocycles. The van der Waals surface area contributed by atoms with E-state index in [4.69, 9.17) is 0 Å². The Bertz CT molecular complexity index is 503. The van der Waals surface area contributed by atoms with Crippen LogP contribution in [0, 0.1) is 0 Å². The highest BCUT2D eigenvalue weighted by Gasteiger charge is 2.38. The Hall–Kier alpha value is -1.77. The van der Waals surface area contributed by atoms with E-state index in [9.17, 15) is 31.1 Å². The largest absolute Gasteiger partial charge is 0.468 e. The first kappa shape index (κ1) is 18.3. The molecule has 124 valence electrons. The molecule has 0 bridgehead atoms. The molecule has 0 amide bonds. The lowest BCUT2D eigenvalue weighted by Crippen LogP contribution is -2.21. The fourth-order valence-corrected chi connectivity index (χ4v) is 1.79. The highest BCUT2D eigenvalue weighted by Crippen LogP contribution is 2.37. The Labute approximate surface area is 121 Å². The fraction of sp³-hybridized carbons (Fsp3) is 0.462. The average molecular weight is 330 g/mol. The van der Waals surface area contributed by atoms with E-state index >= 15 is 0 Å². The van der Waals surface area contributed by atoms with Gasteiger partial charge in [0.25, 0.3) is 0 Å². The van der Waals surface area contributed by atoms with Gasteiger partial charge in [-0.05, 0) is 23.8 Å². The van der Waals surface area contributed by atoms with Gasteiger partial charge >= 0.3 is 18.3 Å². The van der Waals surface area contributed by atoms with Gasteiger partial charge in [-0.1, -0.05) is 0 Å². The summed E-state index contributed by atoms with van der Waals surface area (Å²) in [6.07, 6.45) is -9.96. The lowest BCUT2D eigenvalue weighted by atomic mass is 9.95. The zero-order valence-electron chi connectivity index (χ0n) is 11.5. The van der Waals surface area contributed by atoms with Crippen LogP contribution in [0.4, 0.5) is 26.3 Å². The molecule has 1 aromatic carbocycles. The van der Waals surface area contributed by atoms with Gasteiger partial charge in [0.05, 0.1) is 24.8 Å². The van der Waals surface area contributed by atoms with E-state index in [-0.39, 0.29) is 6.07 Å². The number of carbonyl (C=O) groups excluding carboxylic acids is 1. The normalized spacial score (nSPS) is 13.8. The molecule has 0 heterocycles. The average Bonchev–Trinajstić information content (AvgIpc) is 2.41. The molecule has 0 fully saturated rings. The summed E-state index contributed by atoms with van der Waals surface area (Å²) in [5.74, 6) is -2.38. The molecule has 1 aromatic rings. The Morgan fingerprint density at radius 2 is 1.45 bits per heavy atom. The van der Waals surface area contributed by atoms with Crippen LogP contribution in [0.1, 0.15) is 22.6 Å². The first-order valence-electron chi connectivity index (χ1n) is 5.86. The van der Waals surface area contributed by atoms with E-state index in [2.05, 4.69) is 9.47 Å². The minimum absolute atomic E-state index is 0.00928. The summed E-state index contributed by atoms with van der Waals surface area (Å²) in [6.45, 7) is -0.411. The molecular weight excluding hydrogens is 318 g/mol. The summed E-state index contributed by atoms with van der Waals surface area (Å²) in [4.78, 5) is 11.6. The van der Waals surface area contributed by atoms with Crippen molar-refractivity contribution in [2.75, 3.05) is 20.8 Å². The number of halogens is 6. The zero-order valence-corrected chi connectivity index (χ0v) is 11.5. The fourth-order valence-electron chi connectivity index (χ4n) is 1.79. The molecule has 0 N–H and O–H groups in total. The first-order chi connectivity index (χ1) is 10.0. The zero-order chi connectivity index (χ0) is 17.1. The molecule has 0 saturated carbocycles. The number of methoxy groups -OCH3 is 2. The van der Waals surface area contributed by atoms with Crippen LogP contribution in [-0.4, -0.2) is 26.8 Å². The van der Waals surface area contributed by atoms with Crippen molar-refractivity contribution in [3.05, 3.63) is 34.9 Å². The van der Waals surface area contributed by atoms with Crippen LogP contribution in [0.3, 0.4) is 0 Å². The van der Waals surface area contributed by atoms with E-state index in [0.717, 1.165) is 14.2 Å². The van der Waals surface area contributed by atoms with E-state index in [1.54, 1.807) is 0 Å². The van der Waals surface area contributed by atoms with Crippen LogP contribution in [0.15, 0.2) is 18.2 Å². The molecule has 0 radical (unpaired) electrons. The number of hydrogen-bond acceptors (Lipinski definition) is 3. The monoisotopic (exact) mass is 330 g/mol. The first-order valence-corrected chi connectivity index (χ1v) is 5.86. The van der Waals surface area contributed by atoms with Crippen LogP contribution >= 0.6 is 0 Å². The number of esters is 1. The summed E-state index contributed by atoms with van der Waals surface area (Å²) in [7, 11) is 2.14. The molecule has 0 aliphatic heterocycles. The lowest BCUT2D eigenvalue weighted by Gasteiger charge is -2.18. The van der Waals surface area contributed by atoms with Crippen molar-refractivity contribution in [2.24, 2.45) is 0 Å². The maximum atomic E-state index is 12.8. The summed E-state index contributed by atoms with van der Waals surface area (Å²) in [5.41, 5.74) is -3.47. The smallest absolute Gasteiger partial charge is 0.416 e. The minimum atomic E-state index is -4.98. The minimum Gasteiger partial charge on any atom is -0.468 e. The van der Waals surface area contributed by atoms with Gasteiger partial charge < -0.3 is 9.47 Å². The van der Waals surface area contributed by atoms with Gasteiger partial charge in [-0.2, -0.15) is 26.3 Å². The van der Waals surface area contributed by atoms with Gasteiger partial charge in [-0.3, -0.25) is 4.79 Å². The van der Waals surface area contributed by atoms with Gasteiger partial charge in [0.2, 0.25) is 0 Å². The van der Waals surface area contributed by atoms with Gasteiger partial charge in [-0.25, -0.2) is 0 Å². The van der Waals surface area contributed by atoms with Crippen molar-refractivity contribution < 1.29 is 40.6 Å². The lowest BCUT2D eigenvalue weighted by molar-refractivity contribution is -0.146. The third kappa shape index (κ3) is 4.36. The summed E-state index contributed by atoms with van der Waals surface area (Å²) in [6, 6.07) is 0.955. The second-order valence-corrected chi connectivity index (χ2v) is 4.37. The van der Waals surface area contributed by atoms with Crippen LogP contribution in [0.5, 0.6) is 0 Å². The molecule has 1 unspecified atom stereocenters. The standard InChI is InChI=1S/C13H12F6O3/c1-21-6-10(11(20)22-2)7-3-8(12(14,15)16)5-9(4-7)13(17,18)19/h3-5,10H,6H2,1-2H3. The third-order valence-electron chi connectivity index (χ3n) is 2.83. The van der Waals surface area contributed by atoms with Crippen molar-refractivity contribution >= 4 is 5.97 Å². The molecule has 0 aliphatic rings. The Balaban J connectivity index is 3.48. The Morgan fingerprint density at radius 3 is 1.77 bits per heavy atom. The third-order valence-corrected chi connectivity index (χ3v) is 2.83. The number of benzene rings is 1. The van der Waals surface area contributed by atoms with E-state index in [0.29, 0.717) is 12.1 Å². The number of hydrogen-bond donors (Lipinski definition) is 0. The van der Waals surface area contributed by atoms with Gasteiger partial charge in [0, 0.05) is 7.11 Å². The van der Waals surface area contributed by atoms with Gasteiger partial charge in [-0.15, -0.1) is 0 Å². The summed E-state index contributed by atoms with van der Waals surface area (Å²) < 4.78 is 85.6. The molecule has 0 aliphatic carbocycles. The SMILES string of the molecule is COCC(C(=O)OC)c1cc(C(F)(F)F)cc(C(F)(F)F)c1. The highest BCUT2D eigenvalue weighted by molar-refractivity contribution is 5.78. The van der Waals surface area contributed by atoms with Crippen molar-refractivity contribution in [1.82, 2.24) is 0 Å². The van der Waals surface area contributed by atoms with Crippen LogP contribution in [0.25, 0.3) is 0 Å². The number of alkyl halides is 6. The molecule has 22 heavy (non-hydrogen) atoms. The number of rotatable bonds is 4. The summed E-state index contributed by atoms with van der Waals surface area (Å²) >= 11 is 0. The van der Waals surface area contributed by atoms with Crippen molar-refractivity contribution in [3.8, 4) is 0 Å². The van der Waals surface area contributed by atoms with E-state index < -0.39 is 47.5 Å². The highest BCUT2D eigenvalue weighted by atomic mass is 19.4. The van der Waals surface area contributed by atoms with E-state index in [1.165, 1.54) is 0 Å². The van der Waals surface area contributed by atoms with Crippen molar-refractivity contribution in [3.63, 3.8) is 0 Å². The van der Waals surface area contributed by atoms with Crippen LogP contribution in [-0.2, 0) is 26.6 Å². The quantitative estimate of drug-likeness (QED) is 0.625. The molecule has 0 spiro atoms.